The highest BCUT2D eigenvalue weighted by molar-refractivity contribution is 6.30. The lowest BCUT2D eigenvalue weighted by molar-refractivity contribution is 0.250. The zero-order chi connectivity index (χ0) is 17.2. The van der Waals surface area contributed by atoms with Crippen molar-refractivity contribution in [2.75, 3.05) is 38.2 Å². The highest BCUT2D eigenvalue weighted by Crippen LogP contribution is 2.25. The SMILES string of the molecule is COc1ccc2c(CN3CCN(c4ccc(Cl)cc4)CC3)c[nH]c2c1. The van der Waals surface area contributed by atoms with Crippen LogP contribution in [0.5, 0.6) is 5.75 Å². The number of halogens is 1. The molecule has 0 spiro atoms. The van der Waals surface area contributed by atoms with E-state index in [1.165, 1.54) is 16.6 Å². The van der Waals surface area contributed by atoms with Crippen LogP contribution in [0.15, 0.2) is 48.7 Å². The summed E-state index contributed by atoms with van der Waals surface area (Å²) in [5.74, 6) is 0.887. The molecule has 1 aliphatic heterocycles. The average molecular weight is 356 g/mol. The fourth-order valence-corrected chi connectivity index (χ4v) is 3.61. The number of nitrogens with one attached hydrogen (secondary N) is 1. The van der Waals surface area contributed by atoms with Crippen molar-refractivity contribution < 1.29 is 4.74 Å². The topological polar surface area (TPSA) is 31.5 Å². The normalized spacial score (nSPS) is 15.7. The largest absolute Gasteiger partial charge is 0.497 e. The van der Waals surface area contributed by atoms with Crippen molar-refractivity contribution in [3.63, 3.8) is 0 Å². The van der Waals surface area contributed by atoms with Crippen LogP contribution in [0.2, 0.25) is 5.02 Å². The molecule has 2 heterocycles. The standard InChI is InChI=1S/C20H22ClN3O/c1-25-18-6-7-19-15(13-22-20(19)12-18)14-23-8-10-24(11-9-23)17-4-2-16(21)3-5-17/h2-7,12-13,22H,8-11,14H2,1H3. The van der Waals surface area contributed by atoms with E-state index in [9.17, 15) is 0 Å². The Morgan fingerprint density at radius 1 is 1.04 bits per heavy atom. The molecular weight excluding hydrogens is 334 g/mol. The van der Waals surface area contributed by atoms with E-state index in [1.807, 2.05) is 18.2 Å². The minimum absolute atomic E-state index is 0.790. The third-order valence-corrected chi connectivity index (χ3v) is 5.18. The summed E-state index contributed by atoms with van der Waals surface area (Å²) in [5.41, 5.74) is 3.73. The second-order valence-corrected chi connectivity index (χ2v) is 6.90. The number of fused-ring (bicyclic) bond motifs is 1. The molecule has 1 saturated heterocycles. The van der Waals surface area contributed by atoms with Crippen LogP contribution in [-0.4, -0.2) is 43.2 Å². The number of rotatable bonds is 4. The number of methoxy groups -OCH3 is 1. The molecule has 2 aromatic carbocycles. The molecule has 0 unspecified atom stereocenters. The summed E-state index contributed by atoms with van der Waals surface area (Å²) in [6, 6.07) is 14.3. The fraction of sp³-hybridized carbons (Fsp3) is 0.300. The van der Waals surface area contributed by atoms with Gasteiger partial charge in [-0.25, -0.2) is 0 Å². The van der Waals surface area contributed by atoms with Gasteiger partial charge in [0.25, 0.3) is 0 Å². The van der Waals surface area contributed by atoms with Gasteiger partial charge in [0.05, 0.1) is 7.11 Å². The summed E-state index contributed by atoms with van der Waals surface area (Å²) < 4.78 is 5.30. The molecule has 1 fully saturated rings. The van der Waals surface area contributed by atoms with E-state index < -0.39 is 0 Å². The molecule has 1 aromatic heterocycles. The molecule has 0 amide bonds. The zero-order valence-corrected chi connectivity index (χ0v) is 15.1. The lowest BCUT2D eigenvalue weighted by Crippen LogP contribution is -2.45. The first-order valence-electron chi connectivity index (χ1n) is 8.60. The van der Waals surface area contributed by atoms with Gasteiger partial charge in [-0.1, -0.05) is 11.6 Å². The number of anilines is 1. The van der Waals surface area contributed by atoms with Crippen LogP contribution >= 0.6 is 11.6 Å². The number of aromatic nitrogens is 1. The van der Waals surface area contributed by atoms with Gasteiger partial charge in [-0.3, -0.25) is 4.90 Å². The van der Waals surface area contributed by atoms with Crippen molar-refractivity contribution >= 4 is 28.2 Å². The number of H-pyrrole nitrogens is 1. The van der Waals surface area contributed by atoms with Crippen molar-refractivity contribution in [2.24, 2.45) is 0 Å². The van der Waals surface area contributed by atoms with Gasteiger partial charge < -0.3 is 14.6 Å². The molecular formula is C20H22ClN3O. The van der Waals surface area contributed by atoms with Crippen LogP contribution in [0.25, 0.3) is 10.9 Å². The number of hydrogen-bond acceptors (Lipinski definition) is 3. The Labute approximate surface area is 152 Å². The number of benzene rings is 2. The summed E-state index contributed by atoms with van der Waals surface area (Å²) in [4.78, 5) is 8.30. The van der Waals surface area contributed by atoms with Crippen LogP contribution in [-0.2, 0) is 6.54 Å². The predicted octanol–water partition coefficient (Wildman–Crippen LogP) is 4.15. The van der Waals surface area contributed by atoms with Gasteiger partial charge in [0.2, 0.25) is 0 Å². The summed E-state index contributed by atoms with van der Waals surface area (Å²) >= 11 is 5.98. The minimum atomic E-state index is 0.790. The van der Waals surface area contributed by atoms with Crippen LogP contribution in [0.3, 0.4) is 0 Å². The Balaban J connectivity index is 1.41. The molecule has 1 N–H and O–H groups in total. The molecule has 1 aliphatic rings. The highest BCUT2D eigenvalue weighted by atomic mass is 35.5. The Morgan fingerprint density at radius 3 is 2.52 bits per heavy atom. The molecule has 0 aliphatic carbocycles. The van der Waals surface area contributed by atoms with E-state index in [0.29, 0.717) is 0 Å². The van der Waals surface area contributed by atoms with Gasteiger partial charge in [-0.15, -0.1) is 0 Å². The third kappa shape index (κ3) is 3.46. The van der Waals surface area contributed by atoms with Gasteiger partial charge in [0.1, 0.15) is 5.75 Å². The predicted molar refractivity (Wildman–Crippen MR) is 104 cm³/mol. The Kier molecular flexibility index (Phi) is 4.55. The molecule has 4 nitrogen and oxygen atoms in total. The molecule has 130 valence electrons. The molecule has 5 heteroatoms. The van der Waals surface area contributed by atoms with E-state index in [2.05, 4.69) is 45.2 Å². The number of aromatic amines is 1. The first-order valence-corrected chi connectivity index (χ1v) is 8.97. The van der Waals surface area contributed by atoms with Gasteiger partial charge in [0, 0.05) is 66.6 Å². The maximum Gasteiger partial charge on any atom is 0.120 e. The zero-order valence-electron chi connectivity index (χ0n) is 14.3. The van der Waals surface area contributed by atoms with Gasteiger partial charge in [-0.2, -0.15) is 0 Å². The van der Waals surface area contributed by atoms with Crippen molar-refractivity contribution in [3.05, 3.63) is 59.2 Å². The van der Waals surface area contributed by atoms with E-state index in [0.717, 1.165) is 49.0 Å². The van der Waals surface area contributed by atoms with Crippen LogP contribution < -0.4 is 9.64 Å². The second kappa shape index (κ2) is 6.98. The summed E-state index contributed by atoms with van der Waals surface area (Å²) in [7, 11) is 1.70. The molecule has 0 atom stereocenters. The maximum absolute atomic E-state index is 5.98. The molecule has 25 heavy (non-hydrogen) atoms. The van der Waals surface area contributed by atoms with E-state index in [4.69, 9.17) is 16.3 Å². The number of nitrogens with zero attached hydrogens (tertiary/aromatic N) is 2. The van der Waals surface area contributed by atoms with Crippen molar-refractivity contribution in [3.8, 4) is 5.75 Å². The summed E-state index contributed by atoms with van der Waals surface area (Å²) in [6.07, 6.45) is 2.12. The smallest absolute Gasteiger partial charge is 0.120 e. The lowest BCUT2D eigenvalue weighted by Gasteiger charge is -2.36. The average Bonchev–Trinajstić information content (AvgIpc) is 3.05. The Bertz CT molecular complexity index is 851. The Morgan fingerprint density at radius 2 is 1.80 bits per heavy atom. The maximum atomic E-state index is 5.98. The van der Waals surface area contributed by atoms with Crippen LogP contribution in [0.1, 0.15) is 5.56 Å². The van der Waals surface area contributed by atoms with Crippen molar-refractivity contribution in [1.29, 1.82) is 0 Å². The number of piperazine rings is 1. The van der Waals surface area contributed by atoms with Crippen molar-refractivity contribution in [2.45, 2.75) is 6.54 Å². The van der Waals surface area contributed by atoms with Crippen molar-refractivity contribution in [1.82, 2.24) is 9.88 Å². The monoisotopic (exact) mass is 355 g/mol. The highest BCUT2D eigenvalue weighted by Gasteiger charge is 2.18. The van der Waals surface area contributed by atoms with Crippen LogP contribution in [0.4, 0.5) is 5.69 Å². The van der Waals surface area contributed by atoms with E-state index in [-0.39, 0.29) is 0 Å². The van der Waals surface area contributed by atoms with Gasteiger partial charge >= 0.3 is 0 Å². The summed E-state index contributed by atoms with van der Waals surface area (Å²) in [6.45, 7) is 5.17. The third-order valence-electron chi connectivity index (χ3n) is 4.93. The summed E-state index contributed by atoms with van der Waals surface area (Å²) in [5, 5.41) is 2.07. The minimum Gasteiger partial charge on any atom is -0.497 e. The molecule has 3 aromatic rings. The molecule has 0 bridgehead atoms. The van der Waals surface area contributed by atoms with E-state index >= 15 is 0 Å². The number of ether oxygens (including phenoxy) is 1. The van der Waals surface area contributed by atoms with Crippen LogP contribution in [0, 0.1) is 0 Å². The molecule has 0 radical (unpaired) electrons. The van der Waals surface area contributed by atoms with E-state index in [1.54, 1.807) is 7.11 Å². The second-order valence-electron chi connectivity index (χ2n) is 6.47. The lowest BCUT2D eigenvalue weighted by atomic mass is 10.1. The Hall–Kier alpha value is -2.17. The van der Waals surface area contributed by atoms with Gasteiger partial charge in [-0.05, 0) is 42.0 Å². The fourth-order valence-electron chi connectivity index (χ4n) is 3.48. The number of hydrogen-bond donors (Lipinski definition) is 1. The first kappa shape index (κ1) is 16.3. The molecule has 0 saturated carbocycles. The first-order chi connectivity index (χ1) is 12.2. The quantitative estimate of drug-likeness (QED) is 0.762. The molecule has 4 rings (SSSR count). The van der Waals surface area contributed by atoms with Gasteiger partial charge in [0.15, 0.2) is 0 Å².